The molecule has 0 atom stereocenters. The predicted molar refractivity (Wildman–Crippen MR) is 124 cm³/mol. The van der Waals surface area contributed by atoms with Gasteiger partial charge in [-0.25, -0.2) is 0 Å². The van der Waals surface area contributed by atoms with Gasteiger partial charge in [-0.3, -0.25) is 0 Å². The molecule has 1 aromatic heterocycles. The van der Waals surface area contributed by atoms with E-state index < -0.39 is 0 Å². The highest BCUT2D eigenvalue weighted by atomic mass is 35.5. The third kappa shape index (κ3) is 5.08. The molecule has 2 saturated carbocycles. The Kier molecular flexibility index (Phi) is 5.96. The van der Waals surface area contributed by atoms with Crippen LogP contribution in [0, 0.1) is 11.8 Å². The summed E-state index contributed by atoms with van der Waals surface area (Å²) >= 11 is 18.9. The van der Waals surface area contributed by atoms with Crippen LogP contribution >= 0.6 is 34.8 Å². The van der Waals surface area contributed by atoms with Crippen LogP contribution in [0.5, 0.6) is 11.9 Å². The third-order valence-electron chi connectivity index (χ3n) is 5.47. The second kappa shape index (κ2) is 8.85. The number of nitrogens with zero attached hydrogens (tertiary/aromatic N) is 2. The SMILES string of the molecule is Clc1ccc(-c2c(OCC3CC3)nc(OCC3CC3)nc2-c2ccc(Cl)cc2Cl)cc1. The van der Waals surface area contributed by atoms with Crippen molar-refractivity contribution in [2.75, 3.05) is 13.2 Å². The molecule has 0 bridgehead atoms. The average molecular weight is 476 g/mol. The number of rotatable bonds is 8. The van der Waals surface area contributed by atoms with Crippen LogP contribution in [0.1, 0.15) is 25.7 Å². The largest absolute Gasteiger partial charge is 0.477 e. The summed E-state index contributed by atoms with van der Waals surface area (Å²) in [5.41, 5.74) is 3.05. The monoisotopic (exact) mass is 474 g/mol. The Bertz CT molecular complexity index is 1100. The van der Waals surface area contributed by atoms with Crippen molar-refractivity contribution in [3.05, 3.63) is 57.5 Å². The lowest BCUT2D eigenvalue weighted by atomic mass is 10.00. The maximum absolute atomic E-state index is 6.58. The van der Waals surface area contributed by atoms with Crippen LogP contribution in [0.4, 0.5) is 0 Å². The Morgan fingerprint density at radius 1 is 0.774 bits per heavy atom. The molecule has 0 radical (unpaired) electrons. The lowest BCUT2D eigenvalue weighted by Crippen LogP contribution is -2.09. The molecule has 0 unspecified atom stereocenters. The van der Waals surface area contributed by atoms with E-state index in [1.54, 1.807) is 12.1 Å². The Hall–Kier alpha value is -2.01. The Morgan fingerprint density at radius 3 is 2.06 bits per heavy atom. The fourth-order valence-corrected chi connectivity index (χ4v) is 3.92. The molecule has 160 valence electrons. The first-order valence-corrected chi connectivity index (χ1v) is 11.6. The molecule has 1 heterocycles. The van der Waals surface area contributed by atoms with Crippen LogP contribution in [0.15, 0.2) is 42.5 Å². The lowest BCUT2D eigenvalue weighted by Gasteiger charge is -2.17. The quantitative estimate of drug-likeness (QED) is 0.341. The zero-order chi connectivity index (χ0) is 21.4. The molecule has 2 aliphatic carbocycles. The molecule has 0 N–H and O–H groups in total. The topological polar surface area (TPSA) is 44.2 Å². The van der Waals surface area contributed by atoms with Gasteiger partial charge in [0.1, 0.15) is 0 Å². The van der Waals surface area contributed by atoms with Crippen LogP contribution in [0.2, 0.25) is 15.1 Å². The molecular weight excluding hydrogens is 455 g/mol. The minimum Gasteiger partial charge on any atom is -0.477 e. The van der Waals surface area contributed by atoms with Crippen molar-refractivity contribution >= 4 is 34.8 Å². The van der Waals surface area contributed by atoms with Crippen molar-refractivity contribution in [1.82, 2.24) is 9.97 Å². The van der Waals surface area contributed by atoms with Crippen LogP contribution in [-0.4, -0.2) is 23.2 Å². The van der Waals surface area contributed by atoms with Gasteiger partial charge in [0.2, 0.25) is 5.88 Å². The highest BCUT2D eigenvalue weighted by Gasteiger charge is 2.27. The van der Waals surface area contributed by atoms with E-state index in [9.17, 15) is 0 Å². The molecule has 0 saturated heterocycles. The molecule has 4 nitrogen and oxygen atoms in total. The van der Waals surface area contributed by atoms with Gasteiger partial charge in [-0.2, -0.15) is 9.97 Å². The highest BCUT2D eigenvalue weighted by Crippen LogP contribution is 2.42. The first-order chi connectivity index (χ1) is 15.1. The second-order valence-corrected chi connectivity index (χ2v) is 9.45. The summed E-state index contributed by atoms with van der Waals surface area (Å²) in [5.74, 6) is 1.65. The van der Waals surface area contributed by atoms with Crippen molar-refractivity contribution in [2.45, 2.75) is 25.7 Å². The standard InChI is InChI=1S/C24H21Cl3N2O2/c25-17-7-5-16(6-8-17)21-22(19-10-9-18(26)11-20(19)27)28-24(31-13-15-3-4-15)29-23(21)30-12-14-1-2-14/h5-11,14-15H,1-4,12-13H2. The fourth-order valence-electron chi connectivity index (χ4n) is 3.30. The number of ether oxygens (including phenoxy) is 2. The summed E-state index contributed by atoms with van der Waals surface area (Å²) in [4.78, 5) is 9.41. The van der Waals surface area contributed by atoms with Gasteiger partial charge in [-0.15, -0.1) is 0 Å². The number of benzene rings is 2. The van der Waals surface area contributed by atoms with Crippen molar-refractivity contribution in [3.63, 3.8) is 0 Å². The van der Waals surface area contributed by atoms with Gasteiger partial charge in [0.25, 0.3) is 0 Å². The van der Waals surface area contributed by atoms with Gasteiger partial charge in [0, 0.05) is 15.6 Å². The molecule has 5 rings (SSSR count). The summed E-state index contributed by atoms with van der Waals surface area (Å²) in [6.45, 7) is 1.23. The lowest BCUT2D eigenvalue weighted by molar-refractivity contribution is 0.257. The van der Waals surface area contributed by atoms with Gasteiger partial charge >= 0.3 is 6.01 Å². The molecule has 2 fully saturated rings. The number of hydrogen-bond acceptors (Lipinski definition) is 4. The zero-order valence-electron chi connectivity index (χ0n) is 16.8. The smallest absolute Gasteiger partial charge is 0.320 e. The molecule has 0 spiro atoms. The van der Waals surface area contributed by atoms with Crippen molar-refractivity contribution in [3.8, 4) is 34.3 Å². The molecule has 0 aliphatic heterocycles. The van der Waals surface area contributed by atoms with Gasteiger partial charge in [-0.1, -0.05) is 46.9 Å². The average Bonchev–Trinajstić information content (AvgIpc) is 3.67. The maximum Gasteiger partial charge on any atom is 0.320 e. The van der Waals surface area contributed by atoms with E-state index in [-0.39, 0.29) is 0 Å². The summed E-state index contributed by atoms with van der Waals surface area (Å²) in [6.07, 6.45) is 4.73. The summed E-state index contributed by atoms with van der Waals surface area (Å²) < 4.78 is 12.1. The maximum atomic E-state index is 6.58. The normalized spacial score (nSPS) is 15.7. The van der Waals surface area contributed by atoms with Crippen LogP contribution < -0.4 is 9.47 Å². The Balaban J connectivity index is 1.65. The molecule has 2 aliphatic rings. The highest BCUT2D eigenvalue weighted by molar-refractivity contribution is 6.36. The summed E-state index contributed by atoms with van der Waals surface area (Å²) in [7, 11) is 0. The minimum absolute atomic E-state index is 0.302. The van der Waals surface area contributed by atoms with E-state index in [1.165, 1.54) is 25.7 Å². The Morgan fingerprint density at radius 2 is 1.42 bits per heavy atom. The van der Waals surface area contributed by atoms with Crippen LogP contribution in [-0.2, 0) is 0 Å². The minimum atomic E-state index is 0.302. The predicted octanol–water partition coefficient (Wildman–Crippen LogP) is 7.35. The molecule has 2 aromatic carbocycles. The molecular formula is C24H21Cl3N2O2. The van der Waals surface area contributed by atoms with Gasteiger partial charge in [0.15, 0.2) is 0 Å². The first-order valence-electron chi connectivity index (χ1n) is 10.5. The second-order valence-electron chi connectivity index (χ2n) is 8.17. The zero-order valence-corrected chi connectivity index (χ0v) is 19.1. The molecule has 31 heavy (non-hydrogen) atoms. The molecule has 0 amide bonds. The van der Waals surface area contributed by atoms with Crippen molar-refractivity contribution < 1.29 is 9.47 Å². The molecule has 7 heteroatoms. The van der Waals surface area contributed by atoms with Gasteiger partial charge < -0.3 is 9.47 Å². The van der Waals surface area contributed by atoms with Crippen LogP contribution in [0.25, 0.3) is 22.4 Å². The first kappa shape index (κ1) is 20.9. The van der Waals surface area contributed by atoms with Crippen molar-refractivity contribution in [1.29, 1.82) is 0 Å². The number of hydrogen-bond donors (Lipinski definition) is 0. The van der Waals surface area contributed by atoms with Gasteiger partial charge in [0.05, 0.1) is 29.5 Å². The number of halogens is 3. The van der Waals surface area contributed by atoms with E-state index in [2.05, 4.69) is 4.98 Å². The van der Waals surface area contributed by atoms with E-state index >= 15 is 0 Å². The van der Waals surface area contributed by atoms with E-state index in [0.29, 0.717) is 57.7 Å². The van der Waals surface area contributed by atoms with Crippen molar-refractivity contribution in [2.24, 2.45) is 11.8 Å². The van der Waals surface area contributed by atoms with E-state index in [1.807, 2.05) is 30.3 Å². The van der Waals surface area contributed by atoms with Crippen LogP contribution in [0.3, 0.4) is 0 Å². The summed E-state index contributed by atoms with van der Waals surface area (Å²) in [5, 5.41) is 1.72. The van der Waals surface area contributed by atoms with Gasteiger partial charge in [-0.05, 0) is 73.4 Å². The third-order valence-corrected chi connectivity index (χ3v) is 6.27. The van der Waals surface area contributed by atoms with E-state index in [0.717, 1.165) is 16.7 Å². The van der Waals surface area contributed by atoms with E-state index in [4.69, 9.17) is 49.3 Å². The molecule has 3 aromatic rings. The Labute approximate surface area is 196 Å². The number of aromatic nitrogens is 2. The fraction of sp³-hybridized carbons (Fsp3) is 0.333. The summed E-state index contributed by atoms with van der Waals surface area (Å²) in [6, 6.07) is 13.2.